The zero-order valence-electron chi connectivity index (χ0n) is 11.5. The van der Waals surface area contributed by atoms with Crippen molar-refractivity contribution in [2.45, 2.75) is 26.3 Å². The highest BCUT2D eigenvalue weighted by Gasteiger charge is 2.05. The second-order valence-corrected chi connectivity index (χ2v) is 4.66. The van der Waals surface area contributed by atoms with Gasteiger partial charge in [0.05, 0.1) is 13.7 Å². The molecule has 0 aliphatic rings. The van der Waals surface area contributed by atoms with E-state index in [1.165, 1.54) is 16.7 Å². The smallest absolute Gasteiger partial charge is 0.124 e. The second-order valence-electron chi connectivity index (χ2n) is 4.66. The van der Waals surface area contributed by atoms with Crippen molar-refractivity contribution in [3.05, 3.63) is 28.8 Å². The van der Waals surface area contributed by atoms with Crippen LogP contribution in [0.2, 0.25) is 0 Å². The number of nitrogens with two attached hydrogens (primary N) is 1. The molecule has 0 spiro atoms. The van der Waals surface area contributed by atoms with Crippen LogP contribution < -0.4 is 15.8 Å². The molecular formula is C14H24N2O2. The number of ether oxygens (including phenoxy) is 1. The molecule has 1 unspecified atom stereocenters. The van der Waals surface area contributed by atoms with Crippen LogP contribution in [0.1, 0.15) is 16.7 Å². The highest BCUT2D eigenvalue weighted by atomic mass is 16.5. The van der Waals surface area contributed by atoms with Crippen LogP contribution in [0.5, 0.6) is 5.75 Å². The van der Waals surface area contributed by atoms with Crippen LogP contribution in [0, 0.1) is 13.8 Å². The van der Waals surface area contributed by atoms with E-state index in [0.29, 0.717) is 6.54 Å². The summed E-state index contributed by atoms with van der Waals surface area (Å²) in [5, 5.41) is 12.0. The zero-order chi connectivity index (χ0) is 13.5. The van der Waals surface area contributed by atoms with Crippen molar-refractivity contribution < 1.29 is 9.84 Å². The maximum atomic E-state index is 8.80. The lowest BCUT2D eigenvalue weighted by molar-refractivity contribution is 0.262. The maximum absolute atomic E-state index is 8.80. The number of rotatable bonds is 7. The first-order chi connectivity index (χ1) is 8.58. The summed E-state index contributed by atoms with van der Waals surface area (Å²) in [5.41, 5.74) is 9.23. The van der Waals surface area contributed by atoms with E-state index in [2.05, 4.69) is 31.3 Å². The average molecular weight is 252 g/mol. The predicted molar refractivity (Wildman–Crippen MR) is 74.1 cm³/mol. The van der Waals surface area contributed by atoms with E-state index in [0.717, 1.165) is 18.7 Å². The first-order valence-corrected chi connectivity index (χ1v) is 6.29. The molecule has 102 valence electrons. The van der Waals surface area contributed by atoms with Crippen molar-refractivity contribution in [3.63, 3.8) is 0 Å². The lowest BCUT2D eigenvalue weighted by Crippen LogP contribution is -2.37. The highest BCUT2D eigenvalue weighted by molar-refractivity contribution is 5.43. The Morgan fingerprint density at radius 3 is 2.44 bits per heavy atom. The van der Waals surface area contributed by atoms with Gasteiger partial charge in [-0.25, -0.2) is 0 Å². The molecule has 0 saturated carbocycles. The van der Waals surface area contributed by atoms with Gasteiger partial charge in [-0.05, 0) is 43.5 Å². The molecule has 1 atom stereocenters. The molecule has 4 heteroatoms. The molecule has 0 aromatic heterocycles. The summed E-state index contributed by atoms with van der Waals surface area (Å²) in [7, 11) is 1.70. The molecule has 1 aromatic carbocycles. The van der Waals surface area contributed by atoms with Gasteiger partial charge >= 0.3 is 0 Å². The summed E-state index contributed by atoms with van der Waals surface area (Å²) in [6.07, 6.45) is 0.948. The molecule has 0 radical (unpaired) electrons. The minimum absolute atomic E-state index is 0.0216. The van der Waals surface area contributed by atoms with Gasteiger partial charge in [-0.2, -0.15) is 0 Å². The third-order valence-corrected chi connectivity index (χ3v) is 2.96. The van der Waals surface area contributed by atoms with E-state index in [9.17, 15) is 0 Å². The van der Waals surface area contributed by atoms with Gasteiger partial charge in [-0.3, -0.25) is 0 Å². The van der Waals surface area contributed by atoms with Crippen LogP contribution in [0.25, 0.3) is 0 Å². The Hall–Kier alpha value is -1.10. The maximum Gasteiger partial charge on any atom is 0.124 e. The van der Waals surface area contributed by atoms with Gasteiger partial charge in [-0.1, -0.05) is 12.1 Å². The van der Waals surface area contributed by atoms with E-state index in [4.69, 9.17) is 15.6 Å². The van der Waals surface area contributed by atoms with E-state index >= 15 is 0 Å². The number of nitrogens with one attached hydrogen (secondary N) is 1. The summed E-state index contributed by atoms with van der Waals surface area (Å²) in [5.74, 6) is 0.967. The minimum atomic E-state index is -0.177. The molecule has 0 saturated heterocycles. The summed E-state index contributed by atoms with van der Waals surface area (Å²) in [4.78, 5) is 0. The van der Waals surface area contributed by atoms with Crippen molar-refractivity contribution in [3.8, 4) is 5.75 Å². The zero-order valence-corrected chi connectivity index (χ0v) is 11.5. The lowest BCUT2D eigenvalue weighted by atomic mass is 10.0. The number of methoxy groups -OCH3 is 1. The monoisotopic (exact) mass is 252 g/mol. The van der Waals surface area contributed by atoms with E-state index in [-0.39, 0.29) is 12.6 Å². The van der Waals surface area contributed by atoms with Crippen molar-refractivity contribution >= 4 is 0 Å². The number of aryl methyl sites for hydroxylation is 2. The summed E-state index contributed by atoms with van der Waals surface area (Å²) in [6, 6.07) is 4.13. The van der Waals surface area contributed by atoms with Crippen LogP contribution in [0.3, 0.4) is 0 Å². The largest absolute Gasteiger partial charge is 0.496 e. The number of hydrogen-bond donors (Lipinski definition) is 3. The first kappa shape index (κ1) is 15.0. The Morgan fingerprint density at radius 2 is 1.94 bits per heavy atom. The fourth-order valence-electron chi connectivity index (χ4n) is 2.09. The fourth-order valence-corrected chi connectivity index (χ4v) is 2.09. The molecule has 0 amide bonds. The third-order valence-electron chi connectivity index (χ3n) is 2.96. The molecule has 0 aliphatic carbocycles. The molecule has 0 bridgehead atoms. The highest BCUT2D eigenvalue weighted by Crippen LogP contribution is 2.24. The third kappa shape index (κ3) is 4.29. The number of aliphatic hydroxyl groups excluding tert-OH is 1. The van der Waals surface area contributed by atoms with Crippen molar-refractivity contribution in [2.24, 2.45) is 5.73 Å². The van der Waals surface area contributed by atoms with Gasteiger partial charge < -0.3 is 20.9 Å². The molecular weight excluding hydrogens is 228 g/mol. The summed E-state index contributed by atoms with van der Waals surface area (Å²) < 4.78 is 5.34. The standard InChI is InChI=1S/C14H24N2O2/c1-10-6-12(7-11(2)14(10)18-3)4-5-16-8-13(15)9-17/h6-7,13,16-17H,4-5,8-9,15H2,1-3H3. The van der Waals surface area contributed by atoms with Crippen molar-refractivity contribution in [1.82, 2.24) is 5.32 Å². The predicted octanol–water partition coefficient (Wildman–Crippen LogP) is 0.764. The quantitative estimate of drug-likeness (QED) is 0.627. The Kier molecular flexibility index (Phi) is 6.12. The Balaban J connectivity index is 2.48. The summed E-state index contributed by atoms with van der Waals surface area (Å²) >= 11 is 0. The molecule has 0 fully saturated rings. The average Bonchev–Trinajstić information content (AvgIpc) is 2.34. The molecule has 4 nitrogen and oxygen atoms in total. The number of benzene rings is 1. The first-order valence-electron chi connectivity index (χ1n) is 6.29. The van der Waals surface area contributed by atoms with E-state index in [1.54, 1.807) is 7.11 Å². The van der Waals surface area contributed by atoms with Crippen LogP contribution >= 0.6 is 0 Å². The van der Waals surface area contributed by atoms with Crippen LogP contribution in [-0.4, -0.2) is 38.0 Å². The van der Waals surface area contributed by atoms with Gasteiger partial charge in [0.15, 0.2) is 0 Å². The minimum Gasteiger partial charge on any atom is -0.496 e. The van der Waals surface area contributed by atoms with E-state index in [1.807, 2.05) is 0 Å². The number of hydrogen-bond acceptors (Lipinski definition) is 4. The SMILES string of the molecule is COc1c(C)cc(CCNCC(N)CO)cc1C. The topological polar surface area (TPSA) is 67.5 Å². The van der Waals surface area contributed by atoms with Gasteiger partial charge in [0.2, 0.25) is 0 Å². The molecule has 1 rings (SSSR count). The van der Waals surface area contributed by atoms with Gasteiger partial charge in [-0.15, -0.1) is 0 Å². The molecule has 0 aliphatic heterocycles. The Labute approximate surface area is 109 Å². The lowest BCUT2D eigenvalue weighted by Gasteiger charge is -2.12. The molecule has 4 N–H and O–H groups in total. The van der Waals surface area contributed by atoms with Gasteiger partial charge in [0.1, 0.15) is 5.75 Å². The normalized spacial score (nSPS) is 12.5. The second kappa shape index (κ2) is 7.36. The molecule has 18 heavy (non-hydrogen) atoms. The van der Waals surface area contributed by atoms with Crippen molar-refractivity contribution in [1.29, 1.82) is 0 Å². The van der Waals surface area contributed by atoms with Gasteiger partial charge in [0, 0.05) is 12.6 Å². The molecule has 1 aromatic rings. The van der Waals surface area contributed by atoms with Crippen LogP contribution in [0.15, 0.2) is 12.1 Å². The Morgan fingerprint density at radius 1 is 1.33 bits per heavy atom. The van der Waals surface area contributed by atoms with Crippen LogP contribution in [-0.2, 0) is 6.42 Å². The molecule has 0 heterocycles. The van der Waals surface area contributed by atoms with Crippen LogP contribution in [0.4, 0.5) is 0 Å². The van der Waals surface area contributed by atoms with E-state index < -0.39 is 0 Å². The number of aliphatic hydroxyl groups is 1. The Bertz CT molecular complexity index is 357. The summed E-state index contributed by atoms with van der Waals surface area (Å²) in [6.45, 7) is 5.64. The van der Waals surface area contributed by atoms with Crippen molar-refractivity contribution in [2.75, 3.05) is 26.8 Å². The fraction of sp³-hybridized carbons (Fsp3) is 0.571. The van der Waals surface area contributed by atoms with Gasteiger partial charge in [0.25, 0.3) is 0 Å².